The van der Waals surface area contributed by atoms with Crippen LogP contribution in [0.2, 0.25) is 0 Å². The van der Waals surface area contributed by atoms with E-state index < -0.39 is 17.2 Å². The number of carbonyl (C=O) groups excluding carboxylic acids is 1. The monoisotopic (exact) mass is 397 g/mol. The van der Waals surface area contributed by atoms with Gasteiger partial charge < -0.3 is 19.9 Å². The quantitative estimate of drug-likeness (QED) is 0.806. The summed E-state index contributed by atoms with van der Waals surface area (Å²) in [6.45, 7) is 2.47. The Morgan fingerprint density at radius 3 is 2.86 bits per heavy atom. The molecule has 0 unspecified atom stereocenters. The van der Waals surface area contributed by atoms with Crippen LogP contribution in [0.15, 0.2) is 23.1 Å². The van der Waals surface area contributed by atoms with Crippen molar-refractivity contribution in [3.63, 3.8) is 0 Å². The van der Waals surface area contributed by atoms with Crippen molar-refractivity contribution in [3.05, 3.63) is 45.5 Å². The van der Waals surface area contributed by atoms with E-state index in [1.807, 2.05) is 16.7 Å². The van der Waals surface area contributed by atoms with Crippen molar-refractivity contribution >= 4 is 28.6 Å². The Bertz CT molecular complexity index is 1100. The number of carbonyl (C=O) groups is 1. The van der Waals surface area contributed by atoms with E-state index in [1.165, 1.54) is 6.07 Å². The average Bonchev–Trinajstić information content (AvgIpc) is 3.47. The van der Waals surface area contributed by atoms with Crippen LogP contribution in [-0.4, -0.2) is 35.8 Å². The molecule has 3 aliphatic rings. The fourth-order valence-electron chi connectivity index (χ4n) is 4.75. The number of ether oxygens (including phenoxy) is 1. The van der Waals surface area contributed by atoms with Crippen molar-refractivity contribution in [2.75, 3.05) is 18.1 Å². The fourth-order valence-corrected chi connectivity index (χ4v) is 4.75. The third-order valence-electron chi connectivity index (χ3n) is 6.14. The van der Waals surface area contributed by atoms with E-state index >= 15 is 4.39 Å². The van der Waals surface area contributed by atoms with Crippen molar-refractivity contribution in [2.24, 2.45) is 5.73 Å². The highest BCUT2D eigenvalue weighted by atomic mass is 19.1. The van der Waals surface area contributed by atoms with Gasteiger partial charge >= 0.3 is 5.97 Å². The van der Waals surface area contributed by atoms with Gasteiger partial charge in [0.1, 0.15) is 11.4 Å². The molecule has 2 aliphatic heterocycles. The number of anilines is 1. The Balaban J connectivity index is 1.82. The third kappa shape index (κ3) is 2.87. The molecule has 2 atom stereocenters. The predicted octanol–water partition coefficient (Wildman–Crippen LogP) is 2.98. The second kappa shape index (κ2) is 6.69. The highest BCUT2D eigenvalue weighted by molar-refractivity contribution is 5.99. The lowest BCUT2D eigenvalue weighted by Crippen LogP contribution is -2.31. The number of halogens is 1. The first-order valence-corrected chi connectivity index (χ1v) is 10.3. The number of pyridine rings is 1. The molecule has 5 rings (SSSR count). The van der Waals surface area contributed by atoms with Crippen molar-refractivity contribution in [3.8, 4) is 0 Å². The molecule has 0 amide bonds. The van der Waals surface area contributed by atoms with E-state index in [2.05, 4.69) is 4.90 Å². The summed E-state index contributed by atoms with van der Waals surface area (Å²) in [5.74, 6) is -1.11. The summed E-state index contributed by atoms with van der Waals surface area (Å²) in [6, 6.07) is 1.66. The topological polar surface area (TPSA) is 77.6 Å². The zero-order valence-corrected chi connectivity index (χ0v) is 16.4. The average molecular weight is 397 g/mol. The van der Waals surface area contributed by atoms with Gasteiger partial charge in [-0.2, -0.15) is 0 Å². The lowest BCUT2D eigenvalue weighted by Gasteiger charge is -2.27. The van der Waals surface area contributed by atoms with Crippen LogP contribution in [-0.2, 0) is 4.74 Å². The SMILES string of the molecule is CCOC(=O)c1cn(C2CC2)c2c3c(c(F)cc2c1=O)N1C[C@@H](N)C[C@H]1CC=C3. The first kappa shape index (κ1) is 18.4. The Hall–Kier alpha value is -2.67. The lowest BCUT2D eigenvalue weighted by atomic mass is 10.0. The summed E-state index contributed by atoms with van der Waals surface area (Å²) < 4.78 is 22.4. The Morgan fingerprint density at radius 1 is 1.34 bits per heavy atom. The largest absolute Gasteiger partial charge is 0.462 e. The van der Waals surface area contributed by atoms with Crippen molar-refractivity contribution in [2.45, 2.75) is 50.7 Å². The molecule has 152 valence electrons. The number of fused-ring (bicyclic) bond motifs is 5. The van der Waals surface area contributed by atoms with Crippen LogP contribution in [0.4, 0.5) is 10.1 Å². The molecule has 2 fully saturated rings. The molecular weight excluding hydrogens is 373 g/mol. The van der Waals surface area contributed by atoms with Gasteiger partial charge in [-0.05, 0) is 38.7 Å². The number of hydrogen-bond acceptors (Lipinski definition) is 5. The molecule has 0 bridgehead atoms. The van der Waals surface area contributed by atoms with Crippen molar-refractivity contribution in [1.82, 2.24) is 4.57 Å². The Kier molecular flexibility index (Phi) is 4.24. The predicted molar refractivity (Wildman–Crippen MR) is 110 cm³/mol. The molecule has 2 aromatic rings. The van der Waals surface area contributed by atoms with Gasteiger partial charge in [-0.3, -0.25) is 4.79 Å². The van der Waals surface area contributed by atoms with Gasteiger partial charge in [-0.1, -0.05) is 12.2 Å². The minimum atomic E-state index is -0.662. The highest BCUT2D eigenvalue weighted by Gasteiger charge is 2.36. The molecule has 1 aromatic heterocycles. The summed E-state index contributed by atoms with van der Waals surface area (Å²) in [5.41, 5.74) is 7.56. The van der Waals surface area contributed by atoms with E-state index in [1.54, 1.807) is 13.1 Å². The maximum atomic E-state index is 15.4. The summed E-state index contributed by atoms with van der Waals surface area (Å²) in [6.07, 6.45) is 9.11. The number of aromatic nitrogens is 1. The van der Waals surface area contributed by atoms with E-state index in [4.69, 9.17) is 10.5 Å². The molecule has 29 heavy (non-hydrogen) atoms. The van der Waals surface area contributed by atoms with Crippen molar-refractivity contribution in [1.29, 1.82) is 0 Å². The number of benzene rings is 1. The van der Waals surface area contributed by atoms with Crippen LogP contribution in [0.25, 0.3) is 17.0 Å². The first-order chi connectivity index (χ1) is 14.0. The molecule has 2 N–H and O–H groups in total. The fraction of sp³-hybridized carbons (Fsp3) is 0.455. The molecule has 0 radical (unpaired) electrons. The zero-order valence-electron chi connectivity index (χ0n) is 16.4. The highest BCUT2D eigenvalue weighted by Crippen LogP contribution is 2.43. The molecule has 1 saturated carbocycles. The summed E-state index contributed by atoms with van der Waals surface area (Å²) in [5, 5.41) is 0.227. The minimum absolute atomic E-state index is 0.00580. The van der Waals surface area contributed by atoms with Crippen LogP contribution in [0, 0.1) is 5.82 Å². The summed E-state index contributed by atoms with van der Waals surface area (Å²) in [7, 11) is 0. The number of nitrogens with zero attached hydrogens (tertiary/aromatic N) is 2. The molecule has 3 heterocycles. The molecule has 1 aliphatic carbocycles. The number of rotatable bonds is 3. The van der Waals surface area contributed by atoms with Gasteiger partial charge in [0, 0.05) is 36.4 Å². The van der Waals surface area contributed by atoms with Crippen LogP contribution in [0.1, 0.15) is 54.6 Å². The minimum Gasteiger partial charge on any atom is -0.462 e. The van der Waals surface area contributed by atoms with Crippen LogP contribution < -0.4 is 16.1 Å². The molecule has 0 spiro atoms. The van der Waals surface area contributed by atoms with Gasteiger partial charge in [0.05, 0.1) is 23.2 Å². The van der Waals surface area contributed by atoms with Gasteiger partial charge in [0.15, 0.2) is 0 Å². The normalized spacial score (nSPS) is 23.1. The van der Waals surface area contributed by atoms with E-state index in [0.717, 1.165) is 25.7 Å². The molecular formula is C22H24FN3O3. The number of esters is 1. The van der Waals surface area contributed by atoms with E-state index in [0.29, 0.717) is 23.3 Å². The maximum Gasteiger partial charge on any atom is 0.343 e. The van der Waals surface area contributed by atoms with Gasteiger partial charge in [-0.15, -0.1) is 0 Å². The molecule has 7 heteroatoms. The van der Waals surface area contributed by atoms with Gasteiger partial charge in [0.2, 0.25) is 5.43 Å². The summed E-state index contributed by atoms with van der Waals surface area (Å²) >= 11 is 0. The van der Waals surface area contributed by atoms with Crippen LogP contribution in [0.5, 0.6) is 0 Å². The Labute approximate surface area is 167 Å². The van der Waals surface area contributed by atoms with Crippen molar-refractivity contribution < 1.29 is 13.9 Å². The van der Waals surface area contributed by atoms with Crippen LogP contribution >= 0.6 is 0 Å². The third-order valence-corrected chi connectivity index (χ3v) is 6.14. The standard InChI is InChI=1S/C22H24FN3O3/c1-2-29-22(28)17-11-26(13-6-7-13)19-15-5-3-4-14-8-12(24)10-25(14)20(15)18(23)9-16(19)21(17)27/h3,5,9,11-14H,2,4,6-8,10,24H2,1H3/t12-,14+/m0/s1. The van der Waals surface area contributed by atoms with Gasteiger partial charge in [0.25, 0.3) is 0 Å². The maximum absolute atomic E-state index is 15.4. The molecule has 6 nitrogen and oxygen atoms in total. The second-order valence-corrected chi connectivity index (χ2v) is 8.19. The second-order valence-electron chi connectivity index (χ2n) is 8.19. The number of hydrogen-bond donors (Lipinski definition) is 1. The Morgan fingerprint density at radius 2 is 2.14 bits per heavy atom. The van der Waals surface area contributed by atoms with E-state index in [-0.39, 0.29) is 35.7 Å². The zero-order chi connectivity index (χ0) is 20.3. The lowest BCUT2D eigenvalue weighted by molar-refractivity contribution is 0.0524. The molecule has 1 saturated heterocycles. The first-order valence-electron chi connectivity index (χ1n) is 10.3. The number of nitrogens with two attached hydrogens (primary N) is 1. The summed E-state index contributed by atoms with van der Waals surface area (Å²) in [4.78, 5) is 27.5. The van der Waals surface area contributed by atoms with Gasteiger partial charge in [-0.25, -0.2) is 9.18 Å². The van der Waals surface area contributed by atoms with E-state index in [9.17, 15) is 9.59 Å². The smallest absolute Gasteiger partial charge is 0.343 e. The van der Waals surface area contributed by atoms with Crippen LogP contribution in [0.3, 0.4) is 0 Å². The molecule has 1 aromatic carbocycles.